The van der Waals surface area contributed by atoms with Gasteiger partial charge in [0.1, 0.15) is 11.8 Å². The average Bonchev–Trinajstić information content (AvgIpc) is 3.48. The van der Waals surface area contributed by atoms with Crippen molar-refractivity contribution in [3.63, 3.8) is 0 Å². The number of benzene rings is 2. The van der Waals surface area contributed by atoms with Crippen LogP contribution in [-0.4, -0.2) is 34.3 Å². The minimum atomic E-state index is -1.46. The Kier molecular flexibility index (Phi) is 5.95. The summed E-state index contributed by atoms with van der Waals surface area (Å²) >= 11 is 0. The van der Waals surface area contributed by atoms with Crippen molar-refractivity contribution in [3.8, 4) is 0 Å². The van der Waals surface area contributed by atoms with E-state index in [0.717, 1.165) is 16.8 Å². The number of esters is 1. The molecule has 31 heavy (non-hydrogen) atoms. The third kappa shape index (κ3) is 4.57. The van der Waals surface area contributed by atoms with Gasteiger partial charge in [-0.1, -0.05) is 60.2 Å². The number of carbonyl (C=O) groups is 2. The number of furan rings is 1. The number of aryl methyl sites for hydroxylation is 1. The average molecular weight is 418 g/mol. The second-order valence-corrected chi connectivity index (χ2v) is 7.31. The van der Waals surface area contributed by atoms with Crippen LogP contribution in [-0.2, 0) is 14.3 Å². The van der Waals surface area contributed by atoms with Crippen molar-refractivity contribution >= 4 is 17.6 Å². The molecule has 0 radical (unpaired) electrons. The van der Waals surface area contributed by atoms with Crippen LogP contribution in [0.3, 0.4) is 0 Å². The predicted octanol–water partition coefficient (Wildman–Crippen LogP) is 3.54. The molecule has 0 saturated carbocycles. The molecule has 1 aliphatic heterocycles. The van der Waals surface area contributed by atoms with E-state index in [2.05, 4.69) is 5.10 Å². The summed E-state index contributed by atoms with van der Waals surface area (Å²) in [5.41, 5.74) is 3.18. The molecule has 1 aromatic heterocycles. The lowest BCUT2D eigenvalue weighted by Crippen LogP contribution is -2.32. The Morgan fingerprint density at radius 3 is 2.55 bits per heavy atom. The molecule has 0 fully saturated rings. The zero-order chi connectivity index (χ0) is 21.8. The van der Waals surface area contributed by atoms with Crippen LogP contribution in [0.25, 0.3) is 0 Å². The first kappa shape index (κ1) is 20.6. The smallest absolute Gasteiger partial charge is 0.340 e. The summed E-state index contributed by atoms with van der Waals surface area (Å²) in [6.07, 6.45) is 0.557. The second-order valence-electron chi connectivity index (χ2n) is 7.31. The quantitative estimate of drug-likeness (QED) is 0.618. The van der Waals surface area contributed by atoms with Crippen molar-refractivity contribution in [2.75, 3.05) is 6.61 Å². The van der Waals surface area contributed by atoms with Gasteiger partial charge in [-0.3, -0.25) is 4.79 Å². The minimum Gasteiger partial charge on any atom is -0.467 e. The van der Waals surface area contributed by atoms with E-state index in [0.29, 0.717) is 17.7 Å². The number of hydrogen-bond donors (Lipinski definition) is 1. The molecule has 0 bridgehead atoms. The lowest BCUT2D eigenvalue weighted by atomic mass is 10.0. The molecule has 0 unspecified atom stereocenters. The van der Waals surface area contributed by atoms with Gasteiger partial charge in [0.05, 0.1) is 12.0 Å². The number of nitrogens with zero attached hydrogens (tertiary/aromatic N) is 2. The standard InChI is InChI=1S/C24H22N2O5/c1-16-9-11-17(12-10-16)19-14-20(21-8-5-13-30-21)26(25-19)22(27)15-31-24(29)23(28)18-6-3-2-4-7-18/h2-13,20,23,28H,14-15H2,1H3/t20-,23+/m0/s1. The number of ether oxygens (including phenoxy) is 1. The summed E-state index contributed by atoms with van der Waals surface area (Å²) < 4.78 is 10.6. The van der Waals surface area contributed by atoms with Gasteiger partial charge in [-0.05, 0) is 30.2 Å². The van der Waals surface area contributed by atoms with E-state index < -0.39 is 30.6 Å². The molecule has 1 N–H and O–H groups in total. The number of aliphatic hydroxyl groups excluding tert-OH is 1. The summed E-state index contributed by atoms with van der Waals surface area (Å²) in [4.78, 5) is 25.1. The molecule has 7 nitrogen and oxygen atoms in total. The van der Waals surface area contributed by atoms with Gasteiger partial charge < -0.3 is 14.3 Å². The molecular formula is C24H22N2O5. The molecule has 7 heteroatoms. The highest BCUT2D eigenvalue weighted by Gasteiger charge is 2.35. The van der Waals surface area contributed by atoms with Gasteiger partial charge >= 0.3 is 5.97 Å². The molecule has 2 heterocycles. The van der Waals surface area contributed by atoms with Gasteiger partial charge in [0.2, 0.25) is 0 Å². The monoisotopic (exact) mass is 418 g/mol. The van der Waals surface area contributed by atoms with E-state index in [1.54, 1.807) is 42.5 Å². The van der Waals surface area contributed by atoms with Crippen LogP contribution in [0, 0.1) is 6.92 Å². The molecule has 0 spiro atoms. The van der Waals surface area contributed by atoms with Gasteiger partial charge in [0.25, 0.3) is 5.91 Å². The zero-order valence-corrected chi connectivity index (χ0v) is 17.0. The van der Waals surface area contributed by atoms with Crippen LogP contribution >= 0.6 is 0 Å². The van der Waals surface area contributed by atoms with Crippen molar-refractivity contribution in [1.82, 2.24) is 5.01 Å². The first-order valence-electron chi connectivity index (χ1n) is 9.92. The number of rotatable bonds is 6. The second kappa shape index (κ2) is 8.97. The van der Waals surface area contributed by atoms with Crippen molar-refractivity contribution in [2.45, 2.75) is 25.5 Å². The SMILES string of the molecule is Cc1ccc(C2=NN(C(=O)COC(=O)[C@H](O)c3ccccc3)[C@H](c3ccco3)C2)cc1. The van der Waals surface area contributed by atoms with Gasteiger partial charge in [-0.2, -0.15) is 5.10 Å². The fourth-order valence-corrected chi connectivity index (χ4v) is 3.41. The van der Waals surface area contributed by atoms with Crippen LogP contribution in [0.1, 0.15) is 41.0 Å². The number of aliphatic hydroxyl groups is 1. The van der Waals surface area contributed by atoms with Crippen LogP contribution < -0.4 is 0 Å². The fourth-order valence-electron chi connectivity index (χ4n) is 3.41. The highest BCUT2D eigenvalue weighted by Crippen LogP contribution is 2.33. The van der Waals surface area contributed by atoms with Crippen molar-refractivity contribution < 1.29 is 23.8 Å². The molecule has 2 aromatic carbocycles. The summed E-state index contributed by atoms with van der Waals surface area (Å²) in [5.74, 6) is -0.803. The lowest BCUT2D eigenvalue weighted by molar-refractivity contribution is -0.160. The zero-order valence-electron chi connectivity index (χ0n) is 17.0. The number of amides is 1. The maximum absolute atomic E-state index is 12.9. The third-order valence-electron chi connectivity index (χ3n) is 5.10. The largest absolute Gasteiger partial charge is 0.467 e. The van der Waals surface area contributed by atoms with E-state index in [-0.39, 0.29) is 0 Å². The predicted molar refractivity (Wildman–Crippen MR) is 113 cm³/mol. The van der Waals surface area contributed by atoms with Crippen LogP contribution in [0.2, 0.25) is 0 Å². The highest BCUT2D eigenvalue weighted by molar-refractivity contribution is 6.03. The lowest BCUT2D eigenvalue weighted by Gasteiger charge is -2.20. The maximum atomic E-state index is 12.9. The van der Waals surface area contributed by atoms with E-state index in [1.807, 2.05) is 31.2 Å². The first-order valence-corrected chi connectivity index (χ1v) is 9.92. The van der Waals surface area contributed by atoms with Crippen molar-refractivity contribution in [1.29, 1.82) is 0 Å². The van der Waals surface area contributed by atoms with Crippen LogP contribution in [0.4, 0.5) is 0 Å². The molecule has 158 valence electrons. The molecular weight excluding hydrogens is 396 g/mol. The number of hydrogen-bond acceptors (Lipinski definition) is 6. The van der Waals surface area contributed by atoms with Gasteiger partial charge in [-0.25, -0.2) is 9.80 Å². The number of hydrazone groups is 1. The van der Waals surface area contributed by atoms with Crippen molar-refractivity contribution in [3.05, 3.63) is 95.4 Å². The van der Waals surface area contributed by atoms with Gasteiger partial charge in [-0.15, -0.1) is 0 Å². The fraction of sp³-hybridized carbons (Fsp3) is 0.208. The summed E-state index contributed by atoms with van der Waals surface area (Å²) in [6, 6.07) is 19.4. The van der Waals surface area contributed by atoms with E-state index in [4.69, 9.17) is 9.15 Å². The van der Waals surface area contributed by atoms with Crippen LogP contribution in [0.15, 0.2) is 82.5 Å². The van der Waals surface area contributed by atoms with Crippen molar-refractivity contribution in [2.24, 2.45) is 5.10 Å². The third-order valence-corrected chi connectivity index (χ3v) is 5.10. The molecule has 4 rings (SSSR count). The Hall–Kier alpha value is -3.71. The Balaban J connectivity index is 1.48. The highest BCUT2D eigenvalue weighted by atomic mass is 16.5. The molecule has 1 amide bonds. The van der Waals surface area contributed by atoms with Gasteiger partial charge in [0, 0.05) is 6.42 Å². The Labute approximate surface area is 179 Å². The van der Waals surface area contributed by atoms with E-state index >= 15 is 0 Å². The minimum absolute atomic E-state index is 0.397. The maximum Gasteiger partial charge on any atom is 0.340 e. The summed E-state index contributed by atoms with van der Waals surface area (Å²) in [5, 5.41) is 15.9. The molecule has 3 aromatic rings. The topological polar surface area (TPSA) is 92.3 Å². The van der Waals surface area contributed by atoms with Crippen LogP contribution in [0.5, 0.6) is 0 Å². The first-order chi connectivity index (χ1) is 15.0. The Bertz CT molecular complexity index is 1070. The van der Waals surface area contributed by atoms with Gasteiger partial charge in [0.15, 0.2) is 12.7 Å². The Morgan fingerprint density at radius 1 is 1.13 bits per heavy atom. The summed E-state index contributed by atoms with van der Waals surface area (Å²) in [7, 11) is 0. The molecule has 1 aliphatic rings. The number of carbonyl (C=O) groups excluding carboxylic acids is 2. The molecule has 0 saturated heterocycles. The van der Waals surface area contributed by atoms with E-state index in [1.165, 1.54) is 11.3 Å². The Morgan fingerprint density at radius 2 is 1.87 bits per heavy atom. The normalized spacial score (nSPS) is 16.6. The summed E-state index contributed by atoms with van der Waals surface area (Å²) in [6.45, 7) is 1.46. The van der Waals surface area contributed by atoms with E-state index in [9.17, 15) is 14.7 Å². The molecule has 0 aliphatic carbocycles. The molecule has 2 atom stereocenters.